The number of aromatic nitrogens is 2. The number of nitrogens with two attached hydrogens (primary N) is 1. The average Bonchev–Trinajstić information content (AvgIpc) is 2.45. The van der Waals surface area contributed by atoms with Crippen LogP contribution in [0.3, 0.4) is 0 Å². The molecule has 2 rings (SSSR count). The van der Waals surface area contributed by atoms with Crippen molar-refractivity contribution in [2.45, 2.75) is 26.8 Å². The molecule has 0 amide bonds. The van der Waals surface area contributed by atoms with Crippen LogP contribution < -0.4 is 16.0 Å². The van der Waals surface area contributed by atoms with Crippen molar-refractivity contribution in [3.05, 3.63) is 46.2 Å². The van der Waals surface area contributed by atoms with Crippen molar-refractivity contribution in [3.8, 4) is 17.0 Å². The van der Waals surface area contributed by atoms with E-state index >= 15 is 0 Å². The number of hydrogen-bond donors (Lipinski definition) is 2. The molecule has 0 bridgehead atoms. The molecule has 0 aliphatic rings. The first-order valence-corrected chi connectivity index (χ1v) is 7.06. The van der Waals surface area contributed by atoms with E-state index in [0.717, 1.165) is 11.3 Å². The SMILES string of the molecule is CC(C)COc1ccccc1-c1cc(C(C)N)c(=O)[nH]n1. The average molecular weight is 287 g/mol. The van der Waals surface area contributed by atoms with Gasteiger partial charge in [-0.15, -0.1) is 0 Å². The number of aromatic amines is 1. The van der Waals surface area contributed by atoms with Gasteiger partial charge in [-0.05, 0) is 31.0 Å². The van der Waals surface area contributed by atoms with Gasteiger partial charge >= 0.3 is 0 Å². The molecule has 112 valence electrons. The second-order valence-electron chi connectivity index (χ2n) is 5.53. The minimum atomic E-state index is -0.348. The molecule has 1 unspecified atom stereocenters. The van der Waals surface area contributed by atoms with Gasteiger partial charge in [-0.3, -0.25) is 4.79 Å². The molecule has 21 heavy (non-hydrogen) atoms. The molecule has 1 aromatic heterocycles. The molecular formula is C16H21N3O2. The molecule has 0 fully saturated rings. The monoisotopic (exact) mass is 287 g/mol. The molecule has 0 radical (unpaired) electrons. The maximum Gasteiger partial charge on any atom is 0.268 e. The third kappa shape index (κ3) is 3.70. The molecule has 0 spiro atoms. The molecule has 1 atom stereocenters. The number of rotatable bonds is 5. The van der Waals surface area contributed by atoms with Gasteiger partial charge in [0.1, 0.15) is 5.75 Å². The Morgan fingerprint density at radius 3 is 2.67 bits per heavy atom. The van der Waals surface area contributed by atoms with Gasteiger partial charge in [0, 0.05) is 17.2 Å². The smallest absolute Gasteiger partial charge is 0.268 e. The fourth-order valence-corrected chi connectivity index (χ4v) is 1.96. The van der Waals surface area contributed by atoms with E-state index in [1.807, 2.05) is 24.3 Å². The summed E-state index contributed by atoms with van der Waals surface area (Å²) in [5.41, 5.74) is 7.57. The molecule has 2 aromatic rings. The zero-order valence-corrected chi connectivity index (χ0v) is 12.6. The van der Waals surface area contributed by atoms with Gasteiger partial charge in [0.25, 0.3) is 5.56 Å². The predicted molar refractivity (Wildman–Crippen MR) is 83.2 cm³/mol. The van der Waals surface area contributed by atoms with Gasteiger partial charge in [0.05, 0.1) is 12.3 Å². The largest absolute Gasteiger partial charge is 0.493 e. The maximum absolute atomic E-state index is 11.7. The van der Waals surface area contributed by atoms with E-state index in [1.54, 1.807) is 13.0 Å². The molecule has 1 aromatic carbocycles. The second kappa shape index (κ2) is 6.54. The fourth-order valence-electron chi connectivity index (χ4n) is 1.96. The van der Waals surface area contributed by atoms with Crippen LogP contribution in [-0.2, 0) is 0 Å². The van der Waals surface area contributed by atoms with Gasteiger partial charge in [0.2, 0.25) is 0 Å². The standard InChI is InChI=1S/C16H21N3O2/c1-10(2)9-21-15-7-5-4-6-12(15)14-8-13(11(3)17)16(20)19-18-14/h4-8,10-11H,9,17H2,1-3H3,(H,19,20). The Morgan fingerprint density at radius 1 is 1.29 bits per heavy atom. The van der Waals surface area contributed by atoms with Crippen LogP contribution in [0.4, 0.5) is 0 Å². The summed E-state index contributed by atoms with van der Waals surface area (Å²) >= 11 is 0. The van der Waals surface area contributed by atoms with Crippen molar-refractivity contribution in [1.29, 1.82) is 0 Å². The Labute approximate surface area is 124 Å². The molecule has 3 N–H and O–H groups in total. The Kier molecular flexibility index (Phi) is 4.75. The van der Waals surface area contributed by atoms with Crippen LogP contribution in [0.15, 0.2) is 35.1 Å². The number of benzene rings is 1. The zero-order valence-electron chi connectivity index (χ0n) is 12.6. The van der Waals surface area contributed by atoms with Gasteiger partial charge in [0.15, 0.2) is 0 Å². The van der Waals surface area contributed by atoms with Crippen molar-refractivity contribution in [2.24, 2.45) is 11.7 Å². The number of nitrogens with one attached hydrogen (secondary N) is 1. The first-order chi connectivity index (χ1) is 9.99. The minimum absolute atomic E-state index is 0.255. The molecule has 0 saturated heterocycles. The van der Waals surface area contributed by atoms with Crippen LogP contribution in [0, 0.1) is 5.92 Å². The summed E-state index contributed by atoms with van der Waals surface area (Å²) in [4.78, 5) is 11.7. The van der Waals surface area contributed by atoms with E-state index < -0.39 is 0 Å². The summed E-state index contributed by atoms with van der Waals surface area (Å²) in [6.07, 6.45) is 0. The number of hydrogen-bond acceptors (Lipinski definition) is 4. The lowest BCUT2D eigenvalue weighted by molar-refractivity contribution is 0.272. The highest BCUT2D eigenvalue weighted by atomic mass is 16.5. The summed E-state index contributed by atoms with van der Waals surface area (Å²) in [5, 5.41) is 6.61. The predicted octanol–water partition coefficient (Wildman–Crippen LogP) is 2.49. The van der Waals surface area contributed by atoms with E-state index in [1.165, 1.54) is 0 Å². The lowest BCUT2D eigenvalue weighted by atomic mass is 10.1. The first-order valence-electron chi connectivity index (χ1n) is 7.06. The van der Waals surface area contributed by atoms with Crippen molar-refractivity contribution < 1.29 is 4.74 Å². The topological polar surface area (TPSA) is 81.0 Å². The van der Waals surface area contributed by atoms with E-state index in [-0.39, 0.29) is 11.6 Å². The Bertz CT molecular complexity index is 663. The zero-order chi connectivity index (χ0) is 15.4. The molecule has 0 aliphatic heterocycles. The Morgan fingerprint density at radius 2 is 2.00 bits per heavy atom. The van der Waals surface area contributed by atoms with Gasteiger partial charge in [-0.2, -0.15) is 5.10 Å². The van der Waals surface area contributed by atoms with Crippen LogP contribution in [0.25, 0.3) is 11.3 Å². The van der Waals surface area contributed by atoms with E-state index in [4.69, 9.17) is 10.5 Å². The molecule has 0 saturated carbocycles. The van der Waals surface area contributed by atoms with E-state index in [2.05, 4.69) is 24.0 Å². The summed E-state index contributed by atoms with van der Waals surface area (Å²) in [6, 6.07) is 9.02. The molecule has 5 nitrogen and oxygen atoms in total. The number of nitrogens with zero attached hydrogens (tertiary/aromatic N) is 1. The summed E-state index contributed by atoms with van der Waals surface area (Å²) in [5.74, 6) is 1.18. The quantitative estimate of drug-likeness (QED) is 0.885. The van der Waals surface area contributed by atoms with Crippen molar-refractivity contribution >= 4 is 0 Å². The van der Waals surface area contributed by atoms with Crippen LogP contribution >= 0.6 is 0 Å². The molecule has 5 heteroatoms. The highest BCUT2D eigenvalue weighted by Crippen LogP contribution is 2.28. The Balaban J connectivity index is 2.42. The summed E-state index contributed by atoms with van der Waals surface area (Å²) < 4.78 is 5.82. The minimum Gasteiger partial charge on any atom is -0.493 e. The van der Waals surface area contributed by atoms with Gasteiger partial charge < -0.3 is 10.5 Å². The number of para-hydroxylation sites is 1. The van der Waals surface area contributed by atoms with Crippen LogP contribution in [0.5, 0.6) is 5.75 Å². The van der Waals surface area contributed by atoms with Crippen molar-refractivity contribution in [2.75, 3.05) is 6.61 Å². The number of ether oxygens (including phenoxy) is 1. The molecular weight excluding hydrogens is 266 g/mol. The van der Waals surface area contributed by atoms with E-state index in [0.29, 0.717) is 23.8 Å². The van der Waals surface area contributed by atoms with Crippen LogP contribution in [0.2, 0.25) is 0 Å². The summed E-state index contributed by atoms with van der Waals surface area (Å²) in [6.45, 7) is 6.58. The lowest BCUT2D eigenvalue weighted by Gasteiger charge is -2.13. The van der Waals surface area contributed by atoms with Gasteiger partial charge in [-0.1, -0.05) is 26.0 Å². The molecule has 1 heterocycles. The van der Waals surface area contributed by atoms with Crippen molar-refractivity contribution in [1.82, 2.24) is 10.2 Å². The Hall–Kier alpha value is -2.14. The van der Waals surface area contributed by atoms with Crippen LogP contribution in [0.1, 0.15) is 32.4 Å². The van der Waals surface area contributed by atoms with E-state index in [9.17, 15) is 4.79 Å². The molecule has 0 aliphatic carbocycles. The highest BCUT2D eigenvalue weighted by Gasteiger charge is 2.12. The fraction of sp³-hybridized carbons (Fsp3) is 0.375. The van der Waals surface area contributed by atoms with Crippen LogP contribution in [-0.4, -0.2) is 16.8 Å². The first kappa shape index (κ1) is 15.3. The number of H-pyrrole nitrogens is 1. The second-order valence-corrected chi connectivity index (χ2v) is 5.53. The normalized spacial score (nSPS) is 12.4. The summed E-state index contributed by atoms with van der Waals surface area (Å²) in [7, 11) is 0. The highest BCUT2D eigenvalue weighted by molar-refractivity contribution is 5.67. The third-order valence-corrected chi connectivity index (χ3v) is 3.06. The lowest BCUT2D eigenvalue weighted by Crippen LogP contribution is -2.21. The van der Waals surface area contributed by atoms with Gasteiger partial charge in [-0.25, -0.2) is 5.10 Å². The maximum atomic E-state index is 11.7. The van der Waals surface area contributed by atoms with Crippen molar-refractivity contribution in [3.63, 3.8) is 0 Å². The third-order valence-electron chi connectivity index (χ3n) is 3.06.